The number of methoxy groups -OCH3 is 1. The Bertz CT molecular complexity index is 555. The second-order valence-corrected chi connectivity index (χ2v) is 6.44. The number of rotatable bonds is 5. The minimum Gasteiger partial charge on any atom is -0.497 e. The van der Waals surface area contributed by atoms with Crippen LogP contribution in [0.25, 0.3) is 0 Å². The molecule has 7 heteroatoms. The molecule has 2 fully saturated rings. The molecular formula is C18H28N4O3. The van der Waals surface area contributed by atoms with Crippen LogP contribution in [-0.2, 0) is 4.74 Å². The first-order chi connectivity index (χ1) is 12.2. The van der Waals surface area contributed by atoms with Gasteiger partial charge in [0.2, 0.25) is 0 Å². The minimum absolute atomic E-state index is 0.0407. The quantitative estimate of drug-likeness (QED) is 0.866. The van der Waals surface area contributed by atoms with Crippen LogP contribution in [0.2, 0.25) is 0 Å². The van der Waals surface area contributed by atoms with Crippen molar-refractivity contribution in [1.82, 2.24) is 14.7 Å². The zero-order valence-electron chi connectivity index (χ0n) is 14.9. The molecule has 0 saturated carbocycles. The van der Waals surface area contributed by atoms with E-state index in [1.54, 1.807) is 7.11 Å². The molecule has 0 aromatic heterocycles. The summed E-state index contributed by atoms with van der Waals surface area (Å²) in [4.78, 5) is 19.2. The van der Waals surface area contributed by atoms with E-state index in [-0.39, 0.29) is 6.03 Å². The topological polar surface area (TPSA) is 57.3 Å². The second-order valence-electron chi connectivity index (χ2n) is 6.44. The van der Waals surface area contributed by atoms with E-state index in [1.165, 1.54) is 0 Å². The highest BCUT2D eigenvalue weighted by atomic mass is 16.5. The van der Waals surface area contributed by atoms with Crippen molar-refractivity contribution < 1.29 is 14.3 Å². The van der Waals surface area contributed by atoms with Crippen LogP contribution in [-0.4, -0.2) is 93.4 Å². The summed E-state index contributed by atoms with van der Waals surface area (Å²) in [5, 5.41) is 2.95. The minimum atomic E-state index is -0.0407. The first-order valence-corrected chi connectivity index (χ1v) is 8.97. The predicted molar refractivity (Wildman–Crippen MR) is 97.3 cm³/mol. The van der Waals surface area contributed by atoms with Crippen LogP contribution < -0.4 is 10.1 Å². The number of nitrogens with one attached hydrogen (secondary N) is 1. The molecule has 2 heterocycles. The lowest BCUT2D eigenvalue weighted by Gasteiger charge is -2.36. The number of ether oxygens (including phenoxy) is 2. The van der Waals surface area contributed by atoms with Crippen molar-refractivity contribution >= 4 is 11.7 Å². The van der Waals surface area contributed by atoms with Crippen LogP contribution >= 0.6 is 0 Å². The number of anilines is 1. The van der Waals surface area contributed by atoms with E-state index < -0.39 is 0 Å². The van der Waals surface area contributed by atoms with Crippen LogP contribution in [0.5, 0.6) is 5.75 Å². The lowest BCUT2D eigenvalue weighted by molar-refractivity contribution is 0.0311. The summed E-state index contributed by atoms with van der Waals surface area (Å²) in [6, 6.07) is 7.40. The van der Waals surface area contributed by atoms with Crippen LogP contribution in [0.15, 0.2) is 24.3 Å². The van der Waals surface area contributed by atoms with E-state index in [2.05, 4.69) is 15.1 Å². The van der Waals surface area contributed by atoms with Crippen molar-refractivity contribution in [3.63, 3.8) is 0 Å². The fourth-order valence-electron chi connectivity index (χ4n) is 3.19. The van der Waals surface area contributed by atoms with Crippen LogP contribution in [0.4, 0.5) is 10.5 Å². The molecule has 0 spiro atoms. The molecule has 1 N–H and O–H groups in total. The highest BCUT2D eigenvalue weighted by Crippen LogP contribution is 2.17. The average Bonchev–Trinajstić information content (AvgIpc) is 2.67. The van der Waals surface area contributed by atoms with Crippen LogP contribution in [0.3, 0.4) is 0 Å². The van der Waals surface area contributed by atoms with E-state index in [0.717, 1.165) is 77.0 Å². The molecule has 2 aliphatic rings. The Morgan fingerprint density at radius 1 is 1.08 bits per heavy atom. The van der Waals surface area contributed by atoms with E-state index in [9.17, 15) is 4.79 Å². The van der Waals surface area contributed by atoms with Crippen molar-refractivity contribution in [2.75, 3.05) is 78.0 Å². The van der Waals surface area contributed by atoms with Gasteiger partial charge in [-0.2, -0.15) is 0 Å². The van der Waals surface area contributed by atoms with E-state index in [4.69, 9.17) is 9.47 Å². The van der Waals surface area contributed by atoms with Gasteiger partial charge in [-0.15, -0.1) is 0 Å². The average molecular weight is 348 g/mol. The van der Waals surface area contributed by atoms with Gasteiger partial charge in [-0.1, -0.05) is 6.07 Å². The van der Waals surface area contributed by atoms with Crippen molar-refractivity contribution in [3.8, 4) is 5.75 Å². The SMILES string of the molecule is COc1cccc(NC(=O)N2CCN(CCN3CCOCC3)CC2)c1. The Kier molecular flexibility index (Phi) is 6.49. The third kappa shape index (κ3) is 5.32. The monoisotopic (exact) mass is 348 g/mol. The molecule has 0 atom stereocenters. The number of benzene rings is 1. The largest absolute Gasteiger partial charge is 0.497 e. The lowest BCUT2D eigenvalue weighted by atomic mass is 10.3. The molecule has 7 nitrogen and oxygen atoms in total. The molecule has 0 unspecified atom stereocenters. The zero-order chi connectivity index (χ0) is 17.5. The number of carbonyl (C=O) groups excluding carboxylic acids is 1. The number of hydrogen-bond donors (Lipinski definition) is 1. The first-order valence-electron chi connectivity index (χ1n) is 8.97. The molecule has 0 radical (unpaired) electrons. The number of morpholine rings is 1. The number of nitrogens with zero attached hydrogens (tertiary/aromatic N) is 3. The second kappa shape index (κ2) is 9.03. The maximum atomic E-state index is 12.4. The summed E-state index contributed by atoms with van der Waals surface area (Å²) in [6.07, 6.45) is 0. The fourth-order valence-corrected chi connectivity index (χ4v) is 3.19. The van der Waals surface area contributed by atoms with Crippen molar-refractivity contribution in [2.45, 2.75) is 0 Å². The normalized spacial score (nSPS) is 19.6. The Labute approximate surface area is 149 Å². The third-order valence-electron chi connectivity index (χ3n) is 4.82. The van der Waals surface area contributed by atoms with Gasteiger partial charge >= 0.3 is 6.03 Å². The molecule has 0 bridgehead atoms. The summed E-state index contributed by atoms with van der Waals surface area (Å²) in [5.41, 5.74) is 0.763. The molecule has 2 aliphatic heterocycles. The van der Waals surface area contributed by atoms with E-state index in [0.29, 0.717) is 0 Å². The van der Waals surface area contributed by atoms with Gasteiger partial charge in [-0.25, -0.2) is 4.79 Å². The summed E-state index contributed by atoms with van der Waals surface area (Å²) < 4.78 is 10.6. The zero-order valence-corrected chi connectivity index (χ0v) is 14.9. The number of urea groups is 1. The van der Waals surface area contributed by atoms with E-state index in [1.807, 2.05) is 29.2 Å². The van der Waals surface area contributed by atoms with Crippen molar-refractivity contribution in [3.05, 3.63) is 24.3 Å². The van der Waals surface area contributed by atoms with E-state index >= 15 is 0 Å². The van der Waals surface area contributed by atoms with Crippen LogP contribution in [0, 0.1) is 0 Å². The molecule has 3 rings (SSSR count). The standard InChI is InChI=1S/C18H28N4O3/c1-24-17-4-2-3-16(15-17)19-18(23)22-9-7-20(8-10-22)5-6-21-11-13-25-14-12-21/h2-4,15H,5-14H2,1H3,(H,19,23). The Balaban J connectivity index is 1.39. The van der Waals surface area contributed by atoms with Crippen molar-refractivity contribution in [1.29, 1.82) is 0 Å². The van der Waals surface area contributed by atoms with Gasteiger partial charge in [-0.05, 0) is 12.1 Å². The third-order valence-corrected chi connectivity index (χ3v) is 4.82. The Morgan fingerprint density at radius 3 is 2.44 bits per heavy atom. The Hall–Kier alpha value is -1.83. The van der Waals surface area contributed by atoms with Gasteiger partial charge in [0.15, 0.2) is 0 Å². The summed E-state index contributed by atoms with van der Waals surface area (Å²) in [5.74, 6) is 0.741. The smallest absolute Gasteiger partial charge is 0.321 e. The molecule has 1 aromatic carbocycles. The molecule has 25 heavy (non-hydrogen) atoms. The van der Waals surface area contributed by atoms with Gasteiger partial charge < -0.3 is 19.7 Å². The summed E-state index contributed by atoms with van der Waals surface area (Å²) in [6.45, 7) is 9.27. The predicted octanol–water partition coefficient (Wildman–Crippen LogP) is 1.18. The molecule has 2 saturated heterocycles. The van der Waals surface area contributed by atoms with Crippen molar-refractivity contribution in [2.24, 2.45) is 0 Å². The maximum Gasteiger partial charge on any atom is 0.321 e. The molecule has 2 amide bonds. The number of carbonyl (C=O) groups is 1. The molecule has 1 aromatic rings. The fraction of sp³-hybridized carbons (Fsp3) is 0.611. The number of amides is 2. The highest BCUT2D eigenvalue weighted by Gasteiger charge is 2.21. The summed E-state index contributed by atoms with van der Waals surface area (Å²) in [7, 11) is 1.62. The van der Waals surface area contributed by atoms with Gasteiger partial charge in [0.25, 0.3) is 0 Å². The lowest BCUT2D eigenvalue weighted by Crippen LogP contribution is -2.51. The maximum absolute atomic E-state index is 12.4. The Morgan fingerprint density at radius 2 is 1.76 bits per heavy atom. The van der Waals surface area contributed by atoms with Gasteiger partial charge in [0.05, 0.1) is 20.3 Å². The van der Waals surface area contributed by atoms with Gasteiger partial charge in [-0.3, -0.25) is 9.80 Å². The number of piperazine rings is 1. The van der Waals surface area contributed by atoms with Gasteiger partial charge in [0.1, 0.15) is 5.75 Å². The molecular weight excluding hydrogens is 320 g/mol. The van der Waals surface area contributed by atoms with Crippen LogP contribution in [0.1, 0.15) is 0 Å². The molecule has 0 aliphatic carbocycles. The summed E-state index contributed by atoms with van der Waals surface area (Å²) >= 11 is 0. The highest BCUT2D eigenvalue weighted by molar-refractivity contribution is 5.89. The first kappa shape index (κ1) is 18.0. The number of hydrogen-bond acceptors (Lipinski definition) is 5. The molecule has 138 valence electrons. The van der Waals surface area contributed by atoms with Gasteiger partial charge in [0, 0.05) is 64.1 Å².